The van der Waals surface area contributed by atoms with Crippen molar-refractivity contribution in [1.29, 1.82) is 0 Å². The van der Waals surface area contributed by atoms with Gasteiger partial charge >= 0.3 is 0 Å². The Labute approximate surface area is 208 Å². The first-order valence-electron chi connectivity index (χ1n) is 14.0. The van der Waals surface area contributed by atoms with Crippen molar-refractivity contribution in [3.8, 4) is 5.75 Å². The Kier molecular flexibility index (Phi) is 8.75. The summed E-state index contributed by atoms with van der Waals surface area (Å²) in [5.74, 6) is 2.80. The molecule has 0 saturated heterocycles. The van der Waals surface area contributed by atoms with Crippen LogP contribution in [0.25, 0.3) is 0 Å². The van der Waals surface area contributed by atoms with Gasteiger partial charge in [0.1, 0.15) is 12.4 Å². The van der Waals surface area contributed by atoms with E-state index in [1.807, 2.05) is 0 Å². The fourth-order valence-electron chi connectivity index (χ4n) is 6.59. The lowest BCUT2D eigenvalue weighted by molar-refractivity contribution is 0.0320. The standard InChI is InChI=1S/C32H46O2/c1-4-5-6-12-19-32(2,3)26-17-18-29(31(21-26)34-23-24-13-8-7-9-14-24)30-22-27(33)20-25-15-10-11-16-28(25)30/h7-9,13-14,17-18,21,25,27-28,30,33H,4-6,10-12,15-16,19-20,22-23H2,1-3H3. The molecule has 0 aromatic heterocycles. The second-order valence-corrected chi connectivity index (χ2v) is 11.7. The van der Waals surface area contributed by atoms with Crippen molar-refractivity contribution in [2.75, 3.05) is 0 Å². The first-order chi connectivity index (χ1) is 16.5. The zero-order chi connectivity index (χ0) is 24.0. The van der Waals surface area contributed by atoms with Gasteiger partial charge in [0.05, 0.1) is 6.10 Å². The third kappa shape index (κ3) is 6.25. The molecule has 34 heavy (non-hydrogen) atoms. The molecule has 1 N–H and O–H groups in total. The molecule has 0 heterocycles. The molecule has 2 aliphatic rings. The first-order valence-corrected chi connectivity index (χ1v) is 14.0. The van der Waals surface area contributed by atoms with Crippen LogP contribution in [0.15, 0.2) is 48.5 Å². The van der Waals surface area contributed by atoms with Gasteiger partial charge in [-0.1, -0.05) is 108 Å². The van der Waals surface area contributed by atoms with Crippen LogP contribution in [0.4, 0.5) is 0 Å². The van der Waals surface area contributed by atoms with Crippen molar-refractivity contribution >= 4 is 0 Å². The Balaban J connectivity index is 1.61. The van der Waals surface area contributed by atoms with Crippen molar-refractivity contribution in [3.63, 3.8) is 0 Å². The van der Waals surface area contributed by atoms with Crippen LogP contribution in [0.3, 0.4) is 0 Å². The first kappa shape index (κ1) is 25.3. The number of aliphatic hydroxyl groups excluding tert-OH is 1. The van der Waals surface area contributed by atoms with Gasteiger partial charge in [-0.05, 0) is 71.6 Å². The Morgan fingerprint density at radius 3 is 2.53 bits per heavy atom. The third-order valence-electron chi connectivity index (χ3n) is 8.67. The molecule has 0 aliphatic heterocycles. The topological polar surface area (TPSA) is 29.5 Å². The lowest BCUT2D eigenvalue weighted by Crippen LogP contribution is -2.36. The van der Waals surface area contributed by atoms with Gasteiger partial charge in [0.2, 0.25) is 0 Å². The average Bonchev–Trinajstić information content (AvgIpc) is 2.85. The molecule has 2 aromatic rings. The Morgan fingerprint density at radius 2 is 1.74 bits per heavy atom. The molecule has 0 radical (unpaired) electrons. The Morgan fingerprint density at radius 1 is 0.941 bits per heavy atom. The molecule has 2 aromatic carbocycles. The summed E-state index contributed by atoms with van der Waals surface area (Å²) in [7, 11) is 0. The van der Waals surface area contributed by atoms with Gasteiger partial charge in [0, 0.05) is 0 Å². The summed E-state index contributed by atoms with van der Waals surface area (Å²) in [6, 6.07) is 17.6. The van der Waals surface area contributed by atoms with Gasteiger partial charge in [-0.2, -0.15) is 0 Å². The molecule has 186 valence electrons. The lowest BCUT2D eigenvalue weighted by atomic mass is 9.62. The van der Waals surface area contributed by atoms with Gasteiger partial charge in [-0.3, -0.25) is 0 Å². The van der Waals surface area contributed by atoms with Gasteiger partial charge in [-0.25, -0.2) is 0 Å². The number of benzene rings is 2. The summed E-state index contributed by atoms with van der Waals surface area (Å²) in [6.07, 6.45) is 13.3. The summed E-state index contributed by atoms with van der Waals surface area (Å²) in [4.78, 5) is 0. The minimum absolute atomic E-state index is 0.135. The van der Waals surface area contributed by atoms with E-state index < -0.39 is 0 Å². The van der Waals surface area contributed by atoms with E-state index in [2.05, 4.69) is 69.3 Å². The number of ether oxygens (including phenoxy) is 1. The molecule has 2 heteroatoms. The average molecular weight is 463 g/mol. The molecule has 2 fully saturated rings. The van der Waals surface area contributed by atoms with Crippen molar-refractivity contribution in [2.45, 2.75) is 115 Å². The van der Waals surface area contributed by atoms with E-state index in [1.54, 1.807) is 0 Å². The summed E-state index contributed by atoms with van der Waals surface area (Å²) in [5, 5.41) is 10.8. The van der Waals surface area contributed by atoms with Gasteiger partial charge in [0.25, 0.3) is 0 Å². The SMILES string of the molecule is CCCCCCC(C)(C)c1ccc(C2CC(O)CC3CCCCC32)c(OCc2ccccc2)c1. The normalized spacial score (nSPS) is 25.1. The molecular weight excluding hydrogens is 416 g/mol. The van der Waals surface area contributed by atoms with E-state index in [4.69, 9.17) is 4.74 Å². The summed E-state index contributed by atoms with van der Waals surface area (Å²) >= 11 is 0. The minimum Gasteiger partial charge on any atom is -0.489 e. The fraction of sp³-hybridized carbons (Fsp3) is 0.625. The highest BCUT2D eigenvalue weighted by Crippen LogP contribution is 2.50. The maximum absolute atomic E-state index is 10.8. The maximum atomic E-state index is 10.8. The Bertz CT molecular complexity index is 887. The largest absolute Gasteiger partial charge is 0.489 e. The summed E-state index contributed by atoms with van der Waals surface area (Å²) in [6.45, 7) is 7.64. The van der Waals surface area contributed by atoms with Crippen LogP contribution in [-0.4, -0.2) is 11.2 Å². The van der Waals surface area contributed by atoms with E-state index >= 15 is 0 Å². The van der Waals surface area contributed by atoms with Gasteiger partial charge in [0.15, 0.2) is 0 Å². The smallest absolute Gasteiger partial charge is 0.123 e. The van der Waals surface area contributed by atoms with Crippen LogP contribution in [0.1, 0.15) is 114 Å². The van der Waals surface area contributed by atoms with E-state index in [-0.39, 0.29) is 11.5 Å². The molecule has 2 aliphatic carbocycles. The zero-order valence-electron chi connectivity index (χ0n) is 21.8. The second-order valence-electron chi connectivity index (χ2n) is 11.7. The number of rotatable bonds is 10. The second kappa shape index (κ2) is 11.8. The number of hydrogen-bond acceptors (Lipinski definition) is 2. The van der Waals surface area contributed by atoms with Crippen molar-refractivity contribution < 1.29 is 9.84 Å². The van der Waals surface area contributed by atoms with Crippen LogP contribution < -0.4 is 4.74 Å². The zero-order valence-corrected chi connectivity index (χ0v) is 21.8. The van der Waals surface area contributed by atoms with Crippen LogP contribution >= 0.6 is 0 Å². The number of fused-ring (bicyclic) bond motifs is 1. The van der Waals surface area contributed by atoms with Crippen LogP contribution in [0.2, 0.25) is 0 Å². The third-order valence-corrected chi connectivity index (χ3v) is 8.67. The molecule has 0 amide bonds. The van der Waals surface area contributed by atoms with E-state index in [0.717, 1.165) is 18.6 Å². The van der Waals surface area contributed by atoms with Crippen molar-refractivity contribution in [1.82, 2.24) is 0 Å². The highest BCUT2D eigenvalue weighted by atomic mass is 16.5. The molecule has 2 nitrogen and oxygen atoms in total. The molecule has 4 rings (SSSR count). The molecule has 2 saturated carbocycles. The number of unbranched alkanes of at least 4 members (excludes halogenated alkanes) is 3. The summed E-state index contributed by atoms with van der Waals surface area (Å²) in [5.41, 5.74) is 4.05. The molecule has 0 spiro atoms. The molecule has 0 bridgehead atoms. The van der Waals surface area contributed by atoms with Crippen molar-refractivity contribution in [3.05, 3.63) is 65.2 Å². The van der Waals surface area contributed by atoms with Crippen LogP contribution in [0.5, 0.6) is 5.75 Å². The summed E-state index contributed by atoms with van der Waals surface area (Å²) < 4.78 is 6.59. The van der Waals surface area contributed by atoms with Gasteiger partial charge < -0.3 is 9.84 Å². The quantitative estimate of drug-likeness (QED) is 0.358. The molecule has 4 atom stereocenters. The number of aliphatic hydroxyl groups is 1. The number of hydrogen-bond donors (Lipinski definition) is 1. The van der Waals surface area contributed by atoms with Crippen molar-refractivity contribution in [2.24, 2.45) is 11.8 Å². The fourth-order valence-corrected chi connectivity index (χ4v) is 6.59. The maximum Gasteiger partial charge on any atom is 0.123 e. The Hall–Kier alpha value is -1.80. The van der Waals surface area contributed by atoms with Crippen LogP contribution in [0, 0.1) is 11.8 Å². The molecular formula is C32H46O2. The molecule has 4 unspecified atom stereocenters. The highest BCUT2D eigenvalue weighted by molar-refractivity contribution is 5.43. The highest BCUT2D eigenvalue weighted by Gasteiger charge is 2.40. The van der Waals surface area contributed by atoms with Crippen LogP contribution in [-0.2, 0) is 12.0 Å². The monoisotopic (exact) mass is 462 g/mol. The predicted molar refractivity (Wildman–Crippen MR) is 142 cm³/mol. The van der Waals surface area contributed by atoms with Gasteiger partial charge in [-0.15, -0.1) is 0 Å². The predicted octanol–water partition coefficient (Wildman–Crippen LogP) is 8.56. The van der Waals surface area contributed by atoms with E-state index in [1.165, 1.54) is 74.5 Å². The van der Waals surface area contributed by atoms with E-state index in [0.29, 0.717) is 24.4 Å². The van der Waals surface area contributed by atoms with E-state index in [9.17, 15) is 5.11 Å². The lowest BCUT2D eigenvalue weighted by Gasteiger charge is -2.44. The minimum atomic E-state index is -0.180.